The minimum Gasteiger partial charge on any atom is -0.338 e. The third-order valence-electron chi connectivity index (χ3n) is 3.42. The number of rotatable bonds is 1. The SMILES string of the molecule is CC1CN(C(=O)c2ccc(F)cc2Cl)CCC1N.Cl. The number of hydrogen-bond donors (Lipinski definition) is 1. The van der Waals surface area contributed by atoms with Crippen molar-refractivity contribution < 1.29 is 9.18 Å². The second kappa shape index (κ2) is 6.55. The van der Waals surface area contributed by atoms with Crippen molar-refractivity contribution in [1.82, 2.24) is 4.90 Å². The summed E-state index contributed by atoms with van der Waals surface area (Å²) in [6, 6.07) is 3.98. The molecule has 0 radical (unpaired) electrons. The molecule has 2 N–H and O–H groups in total. The summed E-state index contributed by atoms with van der Waals surface area (Å²) >= 11 is 5.90. The fourth-order valence-corrected chi connectivity index (χ4v) is 2.43. The Kier molecular flexibility index (Phi) is 5.59. The van der Waals surface area contributed by atoms with Crippen LogP contribution in [-0.4, -0.2) is 29.9 Å². The van der Waals surface area contributed by atoms with Gasteiger partial charge in [-0.05, 0) is 30.5 Å². The van der Waals surface area contributed by atoms with Crippen LogP contribution in [0.3, 0.4) is 0 Å². The number of carbonyl (C=O) groups excluding carboxylic acids is 1. The summed E-state index contributed by atoms with van der Waals surface area (Å²) in [7, 11) is 0. The Labute approximate surface area is 123 Å². The highest BCUT2D eigenvalue weighted by Gasteiger charge is 2.27. The van der Waals surface area contributed by atoms with E-state index in [4.69, 9.17) is 17.3 Å². The number of benzene rings is 1. The van der Waals surface area contributed by atoms with Gasteiger partial charge in [0.2, 0.25) is 0 Å². The molecule has 0 spiro atoms. The fourth-order valence-electron chi connectivity index (χ4n) is 2.18. The van der Waals surface area contributed by atoms with Crippen LogP contribution in [-0.2, 0) is 0 Å². The van der Waals surface area contributed by atoms with Crippen LogP contribution in [0.2, 0.25) is 5.02 Å². The van der Waals surface area contributed by atoms with Gasteiger partial charge in [-0.15, -0.1) is 12.4 Å². The van der Waals surface area contributed by atoms with E-state index in [1.807, 2.05) is 6.92 Å². The zero-order valence-electron chi connectivity index (χ0n) is 10.6. The molecule has 6 heteroatoms. The van der Waals surface area contributed by atoms with Crippen molar-refractivity contribution >= 4 is 29.9 Å². The smallest absolute Gasteiger partial charge is 0.255 e. The molecule has 1 aromatic carbocycles. The van der Waals surface area contributed by atoms with Crippen molar-refractivity contribution in [2.24, 2.45) is 11.7 Å². The Balaban J connectivity index is 0.00000180. The van der Waals surface area contributed by atoms with Crippen molar-refractivity contribution in [3.8, 4) is 0 Å². The molecule has 0 aromatic heterocycles. The van der Waals surface area contributed by atoms with Gasteiger partial charge in [-0.1, -0.05) is 18.5 Å². The Morgan fingerprint density at radius 2 is 2.21 bits per heavy atom. The molecule has 1 heterocycles. The molecule has 1 amide bonds. The molecule has 1 aliphatic rings. The zero-order chi connectivity index (χ0) is 13.3. The maximum absolute atomic E-state index is 12.9. The summed E-state index contributed by atoms with van der Waals surface area (Å²) in [5.41, 5.74) is 6.26. The van der Waals surface area contributed by atoms with Crippen LogP contribution in [0.15, 0.2) is 18.2 Å². The van der Waals surface area contributed by atoms with Crippen LogP contribution < -0.4 is 5.73 Å². The zero-order valence-corrected chi connectivity index (χ0v) is 12.2. The van der Waals surface area contributed by atoms with Crippen LogP contribution >= 0.6 is 24.0 Å². The van der Waals surface area contributed by atoms with E-state index in [9.17, 15) is 9.18 Å². The molecule has 1 aliphatic heterocycles. The third-order valence-corrected chi connectivity index (χ3v) is 3.73. The molecule has 2 atom stereocenters. The Morgan fingerprint density at radius 1 is 1.53 bits per heavy atom. The molecule has 0 aliphatic carbocycles. The number of piperidine rings is 1. The van der Waals surface area contributed by atoms with Gasteiger partial charge in [-0.3, -0.25) is 4.79 Å². The topological polar surface area (TPSA) is 46.3 Å². The third kappa shape index (κ3) is 3.59. The maximum atomic E-state index is 12.9. The minimum absolute atomic E-state index is 0. The fraction of sp³-hybridized carbons (Fsp3) is 0.462. The Bertz CT molecular complexity index is 470. The molecule has 1 saturated heterocycles. The average Bonchev–Trinajstić information content (AvgIpc) is 2.32. The van der Waals surface area contributed by atoms with E-state index in [1.54, 1.807) is 4.90 Å². The number of likely N-dealkylation sites (tertiary alicyclic amines) is 1. The van der Waals surface area contributed by atoms with Crippen LogP contribution in [0.4, 0.5) is 4.39 Å². The number of halogens is 3. The second-order valence-corrected chi connectivity index (χ2v) is 5.21. The van der Waals surface area contributed by atoms with Crippen LogP contribution in [0.1, 0.15) is 23.7 Å². The first kappa shape index (κ1) is 16.2. The van der Waals surface area contributed by atoms with Crippen molar-refractivity contribution in [2.75, 3.05) is 13.1 Å². The highest BCUT2D eigenvalue weighted by atomic mass is 35.5. The first-order valence-corrected chi connectivity index (χ1v) is 6.36. The molecule has 1 aromatic rings. The Morgan fingerprint density at radius 3 is 2.79 bits per heavy atom. The number of amides is 1. The summed E-state index contributed by atoms with van der Waals surface area (Å²) in [5.74, 6) is -0.328. The van der Waals surface area contributed by atoms with Gasteiger partial charge < -0.3 is 10.6 Å². The van der Waals surface area contributed by atoms with Crippen LogP contribution in [0.5, 0.6) is 0 Å². The highest BCUT2D eigenvalue weighted by molar-refractivity contribution is 6.33. The van der Waals surface area contributed by atoms with Crippen molar-refractivity contribution in [1.29, 1.82) is 0 Å². The quantitative estimate of drug-likeness (QED) is 0.867. The molecule has 106 valence electrons. The number of nitrogens with zero attached hydrogens (tertiary/aromatic N) is 1. The van der Waals surface area contributed by atoms with Gasteiger partial charge in [0.1, 0.15) is 5.82 Å². The molecule has 2 unspecified atom stereocenters. The largest absolute Gasteiger partial charge is 0.338 e. The van der Waals surface area contributed by atoms with Crippen LogP contribution in [0.25, 0.3) is 0 Å². The van der Waals surface area contributed by atoms with Gasteiger partial charge in [0.05, 0.1) is 10.6 Å². The van der Waals surface area contributed by atoms with Gasteiger partial charge in [0.15, 0.2) is 0 Å². The van der Waals surface area contributed by atoms with Gasteiger partial charge >= 0.3 is 0 Å². The van der Waals surface area contributed by atoms with Crippen molar-refractivity contribution in [2.45, 2.75) is 19.4 Å². The summed E-state index contributed by atoms with van der Waals surface area (Å²) in [5, 5.41) is 0.155. The predicted octanol–water partition coefficient (Wildman–Crippen LogP) is 2.71. The number of hydrogen-bond acceptors (Lipinski definition) is 2. The minimum atomic E-state index is -0.439. The molecule has 2 rings (SSSR count). The molecule has 0 saturated carbocycles. The van der Waals surface area contributed by atoms with Gasteiger partial charge in [-0.25, -0.2) is 4.39 Å². The van der Waals surface area contributed by atoms with Gasteiger partial charge in [0, 0.05) is 19.1 Å². The summed E-state index contributed by atoms with van der Waals surface area (Å²) in [6.45, 7) is 3.27. The first-order valence-electron chi connectivity index (χ1n) is 5.99. The normalized spacial score (nSPS) is 22.8. The molecule has 0 bridgehead atoms. The van der Waals surface area contributed by atoms with E-state index < -0.39 is 5.82 Å². The lowest BCUT2D eigenvalue weighted by molar-refractivity contribution is 0.0664. The number of carbonyl (C=O) groups is 1. The molecule has 3 nitrogen and oxygen atoms in total. The van der Waals surface area contributed by atoms with E-state index in [0.29, 0.717) is 18.7 Å². The van der Waals surface area contributed by atoms with E-state index in [-0.39, 0.29) is 35.3 Å². The maximum Gasteiger partial charge on any atom is 0.255 e. The first-order chi connectivity index (χ1) is 8.49. The van der Waals surface area contributed by atoms with E-state index in [0.717, 1.165) is 12.5 Å². The van der Waals surface area contributed by atoms with Crippen LogP contribution in [0, 0.1) is 11.7 Å². The molecule has 1 fully saturated rings. The summed E-state index contributed by atoms with van der Waals surface area (Å²) in [4.78, 5) is 14.0. The second-order valence-electron chi connectivity index (χ2n) is 4.81. The highest BCUT2D eigenvalue weighted by Crippen LogP contribution is 2.22. The summed E-state index contributed by atoms with van der Waals surface area (Å²) in [6.07, 6.45) is 0.783. The molecular formula is C13H17Cl2FN2O. The van der Waals surface area contributed by atoms with Gasteiger partial charge in [-0.2, -0.15) is 0 Å². The summed E-state index contributed by atoms with van der Waals surface area (Å²) < 4.78 is 12.9. The van der Waals surface area contributed by atoms with E-state index in [1.165, 1.54) is 12.1 Å². The Hall–Kier alpha value is -0.840. The lowest BCUT2D eigenvalue weighted by Gasteiger charge is -2.35. The monoisotopic (exact) mass is 306 g/mol. The standard InChI is InChI=1S/C13H16ClFN2O.ClH/c1-8-7-17(5-4-12(8)16)13(18)10-3-2-9(15)6-11(10)14;/h2-3,6,8,12H,4-5,7,16H2,1H3;1H. The van der Waals surface area contributed by atoms with E-state index in [2.05, 4.69) is 0 Å². The van der Waals surface area contributed by atoms with Crippen molar-refractivity contribution in [3.63, 3.8) is 0 Å². The number of nitrogens with two attached hydrogens (primary N) is 1. The van der Waals surface area contributed by atoms with Gasteiger partial charge in [0.25, 0.3) is 5.91 Å². The average molecular weight is 307 g/mol. The predicted molar refractivity (Wildman–Crippen MR) is 76.3 cm³/mol. The lowest BCUT2D eigenvalue weighted by atomic mass is 9.94. The van der Waals surface area contributed by atoms with Crippen molar-refractivity contribution in [3.05, 3.63) is 34.6 Å². The molecule has 19 heavy (non-hydrogen) atoms. The lowest BCUT2D eigenvalue weighted by Crippen LogP contribution is -2.48. The van der Waals surface area contributed by atoms with E-state index >= 15 is 0 Å². The molecular weight excluding hydrogens is 290 g/mol.